The molecule has 1 N–H and O–H groups in total. The second kappa shape index (κ2) is 4.81. The van der Waals surface area contributed by atoms with E-state index in [0.29, 0.717) is 17.0 Å². The Morgan fingerprint density at radius 3 is 2.56 bits per heavy atom. The molecule has 2 rings (SSSR count). The van der Waals surface area contributed by atoms with Crippen LogP contribution in [0.5, 0.6) is 0 Å². The molecule has 1 aromatic carbocycles. The average molecular weight is 253 g/mol. The second-order valence-corrected chi connectivity index (χ2v) is 4.21. The first-order valence-corrected chi connectivity index (χ1v) is 5.55. The van der Waals surface area contributed by atoms with Crippen LogP contribution in [-0.4, -0.2) is 20.1 Å². The summed E-state index contributed by atoms with van der Waals surface area (Å²) in [6.07, 6.45) is 0. The van der Waals surface area contributed by atoms with E-state index >= 15 is 0 Å². The number of halogens is 2. The lowest BCUT2D eigenvalue weighted by Gasteiger charge is -2.11. The molecule has 0 aliphatic heterocycles. The molecule has 2 aromatic rings. The Bertz CT molecular complexity index is 566. The Morgan fingerprint density at radius 1 is 1.28 bits per heavy atom. The van der Waals surface area contributed by atoms with Crippen LogP contribution < -0.4 is 0 Å². The predicted octanol–water partition coefficient (Wildman–Crippen LogP) is 2.30. The van der Waals surface area contributed by atoms with Gasteiger partial charge >= 0.3 is 0 Å². The maximum atomic E-state index is 13.3. The van der Waals surface area contributed by atoms with Crippen LogP contribution in [0.1, 0.15) is 25.6 Å². The van der Waals surface area contributed by atoms with Crippen LogP contribution in [0, 0.1) is 11.6 Å². The van der Waals surface area contributed by atoms with E-state index in [1.807, 2.05) is 13.8 Å². The molecular weight excluding hydrogens is 240 g/mol. The van der Waals surface area contributed by atoms with E-state index in [9.17, 15) is 13.9 Å². The number of aliphatic hydroxyl groups is 1. The normalized spacial score (nSPS) is 11.2. The first-order valence-electron chi connectivity index (χ1n) is 5.55. The quantitative estimate of drug-likeness (QED) is 0.913. The molecule has 0 unspecified atom stereocenters. The standard InChI is InChI=1S/C12H13F2N3O/c1-7(2)17-12(11(6-18)15-16-17)8-3-4-9(13)10(14)5-8/h3-5,7,18H,6H2,1-2H3. The van der Waals surface area contributed by atoms with Crippen molar-refractivity contribution in [3.63, 3.8) is 0 Å². The smallest absolute Gasteiger partial charge is 0.159 e. The molecule has 4 nitrogen and oxygen atoms in total. The summed E-state index contributed by atoms with van der Waals surface area (Å²) >= 11 is 0. The molecule has 1 aromatic heterocycles. The zero-order chi connectivity index (χ0) is 13.3. The van der Waals surface area contributed by atoms with Crippen molar-refractivity contribution in [2.45, 2.75) is 26.5 Å². The predicted molar refractivity (Wildman–Crippen MR) is 61.7 cm³/mol. The lowest BCUT2D eigenvalue weighted by molar-refractivity contribution is 0.277. The first kappa shape index (κ1) is 12.6. The summed E-state index contributed by atoms with van der Waals surface area (Å²) < 4.78 is 27.7. The summed E-state index contributed by atoms with van der Waals surface area (Å²) in [5, 5.41) is 17.0. The van der Waals surface area contributed by atoms with E-state index < -0.39 is 11.6 Å². The van der Waals surface area contributed by atoms with Crippen molar-refractivity contribution in [1.82, 2.24) is 15.0 Å². The molecule has 0 saturated heterocycles. The maximum Gasteiger partial charge on any atom is 0.159 e. The van der Waals surface area contributed by atoms with Gasteiger partial charge in [-0.1, -0.05) is 5.21 Å². The minimum absolute atomic E-state index is 0.000847. The molecule has 0 spiro atoms. The number of hydrogen-bond donors (Lipinski definition) is 1. The number of benzene rings is 1. The fourth-order valence-electron chi connectivity index (χ4n) is 1.74. The molecule has 6 heteroatoms. The van der Waals surface area contributed by atoms with Crippen LogP contribution in [0.4, 0.5) is 8.78 Å². The lowest BCUT2D eigenvalue weighted by Crippen LogP contribution is -2.06. The van der Waals surface area contributed by atoms with Crippen molar-refractivity contribution in [2.24, 2.45) is 0 Å². The largest absolute Gasteiger partial charge is 0.390 e. The fraction of sp³-hybridized carbons (Fsp3) is 0.333. The van der Waals surface area contributed by atoms with Crippen molar-refractivity contribution in [3.8, 4) is 11.3 Å². The van der Waals surface area contributed by atoms with Gasteiger partial charge in [0.05, 0.1) is 12.3 Å². The average Bonchev–Trinajstić information content (AvgIpc) is 2.76. The van der Waals surface area contributed by atoms with Gasteiger partial charge in [-0.25, -0.2) is 13.5 Å². The van der Waals surface area contributed by atoms with Crippen molar-refractivity contribution in [2.75, 3.05) is 0 Å². The Labute approximate surface area is 103 Å². The monoisotopic (exact) mass is 253 g/mol. The van der Waals surface area contributed by atoms with Gasteiger partial charge < -0.3 is 5.11 Å². The molecule has 0 bridgehead atoms. The minimum atomic E-state index is -0.937. The zero-order valence-corrected chi connectivity index (χ0v) is 10.1. The third kappa shape index (κ3) is 2.11. The van der Waals surface area contributed by atoms with E-state index in [-0.39, 0.29) is 12.6 Å². The highest BCUT2D eigenvalue weighted by Crippen LogP contribution is 2.26. The van der Waals surface area contributed by atoms with Gasteiger partial charge in [0.25, 0.3) is 0 Å². The summed E-state index contributed by atoms with van der Waals surface area (Å²) in [6, 6.07) is 3.56. The molecule has 0 amide bonds. The third-order valence-corrected chi connectivity index (χ3v) is 2.60. The van der Waals surface area contributed by atoms with Crippen molar-refractivity contribution in [3.05, 3.63) is 35.5 Å². The highest BCUT2D eigenvalue weighted by atomic mass is 19.2. The Hall–Kier alpha value is -1.82. The van der Waals surface area contributed by atoms with Crippen molar-refractivity contribution in [1.29, 1.82) is 0 Å². The van der Waals surface area contributed by atoms with Crippen LogP contribution in [0.25, 0.3) is 11.3 Å². The molecule has 18 heavy (non-hydrogen) atoms. The van der Waals surface area contributed by atoms with Gasteiger partial charge in [-0.05, 0) is 32.0 Å². The molecule has 0 saturated carbocycles. The zero-order valence-electron chi connectivity index (χ0n) is 10.1. The van der Waals surface area contributed by atoms with Crippen molar-refractivity contribution < 1.29 is 13.9 Å². The van der Waals surface area contributed by atoms with Gasteiger partial charge in [-0.15, -0.1) is 5.10 Å². The third-order valence-electron chi connectivity index (χ3n) is 2.60. The molecular formula is C12H13F2N3O. The summed E-state index contributed by atoms with van der Waals surface area (Å²) in [4.78, 5) is 0. The summed E-state index contributed by atoms with van der Waals surface area (Å²) in [6.45, 7) is 3.47. The van der Waals surface area contributed by atoms with Gasteiger partial charge in [0.2, 0.25) is 0 Å². The number of aliphatic hydroxyl groups excluding tert-OH is 1. The summed E-state index contributed by atoms with van der Waals surface area (Å²) in [7, 11) is 0. The molecule has 0 radical (unpaired) electrons. The molecule has 0 fully saturated rings. The molecule has 1 heterocycles. The highest BCUT2D eigenvalue weighted by Gasteiger charge is 2.17. The van der Waals surface area contributed by atoms with E-state index in [4.69, 9.17) is 0 Å². The van der Waals surface area contributed by atoms with Gasteiger partial charge in [-0.2, -0.15) is 0 Å². The molecule has 0 atom stereocenters. The van der Waals surface area contributed by atoms with Crippen molar-refractivity contribution >= 4 is 0 Å². The maximum absolute atomic E-state index is 13.3. The topological polar surface area (TPSA) is 50.9 Å². The Morgan fingerprint density at radius 2 is 2.00 bits per heavy atom. The first-order chi connectivity index (χ1) is 8.54. The second-order valence-electron chi connectivity index (χ2n) is 4.21. The molecule has 96 valence electrons. The lowest BCUT2D eigenvalue weighted by atomic mass is 10.1. The van der Waals surface area contributed by atoms with E-state index in [1.165, 1.54) is 6.07 Å². The van der Waals surface area contributed by atoms with E-state index in [1.54, 1.807) is 4.68 Å². The number of rotatable bonds is 3. The Kier molecular flexibility index (Phi) is 3.38. The van der Waals surface area contributed by atoms with Crippen LogP contribution in [0.3, 0.4) is 0 Å². The van der Waals surface area contributed by atoms with E-state index in [0.717, 1.165) is 12.1 Å². The van der Waals surface area contributed by atoms with Gasteiger partial charge in [0.15, 0.2) is 11.6 Å². The SMILES string of the molecule is CC(C)n1nnc(CO)c1-c1ccc(F)c(F)c1. The summed E-state index contributed by atoms with van der Waals surface area (Å²) in [5.74, 6) is -1.85. The molecule has 0 aliphatic carbocycles. The number of hydrogen-bond acceptors (Lipinski definition) is 3. The molecule has 0 aliphatic rings. The van der Waals surface area contributed by atoms with Crippen LogP contribution in [-0.2, 0) is 6.61 Å². The Balaban J connectivity index is 2.61. The van der Waals surface area contributed by atoms with Gasteiger partial charge in [-0.3, -0.25) is 0 Å². The van der Waals surface area contributed by atoms with E-state index in [2.05, 4.69) is 10.3 Å². The van der Waals surface area contributed by atoms with Crippen LogP contribution in [0.15, 0.2) is 18.2 Å². The number of aromatic nitrogens is 3. The van der Waals surface area contributed by atoms with Gasteiger partial charge in [0.1, 0.15) is 5.69 Å². The summed E-state index contributed by atoms with van der Waals surface area (Å²) in [5.41, 5.74) is 1.29. The highest BCUT2D eigenvalue weighted by molar-refractivity contribution is 5.62. The van der Waals surface area contributed by atoms with Crippen LogP contribution >= 0.6 is 0 Å². The minimum Gasteiger partial charge on any atom is -0.390 e. The fourth-order valence-corrected chi connectivity index (χ4v) is 1.74. The van der Waals surface area contributed by atoms with Gasteiger partial charge in [0, 0.05) is 11.6 Å². The van der Waals surface area contributed by atoms with Crippen LogP contribution in [0.2, 0.25) is 0 Å². The number of nitrogens with zero attached hydrogens (tertiary/aromatic N) is 3.